The largest absolute Gasteiger partial charge is 0.466 e. The van der Waals surface area contributed by atoms with E-state index in [0.717, 1.165) is 25.2 Å². The highest BCUT2D eigenvalue weighted by Crippen LogP contribution is 2.21. The Balaban J connectivity index is 3.29. The molecule has 0 aliphatic rings. The number of carbonyl (C=O) groups is 1. The molecule has 0 aliphatic carbocycles. The molecule has 0 atom stereocenters. The summed E-state index contributed by atoms with van der Waals surface area (Å²) in [5, 5.41) is 0. The maximum Gasteiger partial charge on any atom is 0.305 e. The van der Waals surface area contributed by atoms with Crippen LogP contribution >= 0.6 is 0 Å². The average Bonchev–Trinajstić information content (AvgIpc) is 2.31. The van der Waals surface area contributed by atoms with Gasteiger partial charge in [-0.15, -0.1) is 0 Å². The lowest BCUT2D eigenvalue weighted by Crippen LogP contribution is -2.07. The predicted molar refractivity (Wildman–Crippen MR) is 86.8 cm³/mol. The van der Waals surface area contributed by atoms with Gasteiger partial charge in [-0.25, -0.2) is 0 Å². The molecule has 0 aromatic carbocycles. The van der Waals surface area contributed by atoms with Crippen molar-refractivity contribution in [2.45, 2.75) is 92.4 Å². The van der Waals surface area contributed by atoms with Crippen LogP contribution in [-0.4, -0.2) is 12.6 Å². The number of hydrogen-bond donors (Lipinski definition) is 0. The second-order valence-electron chi connectivity index (χ2n) is 7.58. The van der Waals surface area contributed by atoms with Crippen LogP contribution in [0.1, 0.15) is 92.4 Å². The summed E-state index contributed by atoms with van der Waals surface area (Å²) in [6, 6.07) is 0. The summed E-state index contributed by atoms with van der Waals surface area (Å²) < 4.78 is 5.26. The van der Waals surface area contributed by atoms with E-state index in [0.29, 0.717) is 18.4 Å². The number of carbonyl (C=O) groups excluding carboxylic acids is 1. The maximum absolute atomic E-state index is 11.5. The quantitative estimate of drug-likeness (QED) is 0.357. The van der Waals surface area contributed by atoms with Crippen molar-refractivity contribution in [3.8, 4) is 0 Å². The number of esters is 1. The molecule has 0 aliphatic heterocycles. The van der Waals surface area contributed by atoms with Gasteiger partial charge in [-0.3, -0.25) is 4.79 Å². The van der Waals surface area contributed by atoms with Crippen molar-refractivity contribution < 1.29 is 9.53 Å². The van der Waals surface area contributed by atoms with Gasteiger partial charge in [0.25, 0.3) is 0 Å². The zero-order valence-corrected chi connectivity index (χ0v) is 14.5. The number of hydrogen-bond acceptors (Lipinski definition) is 2. The van der Waals surface area contributed by atoms with Gasteiger partial charge in [0.15, 0.2) is 0 Å². The van der Waals surface area contributed by atoms with E-state index in [1.54, 1.807) is 0 Å². The molecule has 0 amide bonds. The highest BCUT2D eigenvalue weighted by molar-refractivity contribution is 5.69. The van der Waals surface area contributed by atoms with Crippen LogP contribution in [0.2, 0.25) is 0 Å². The molecule has 0 bridgehead atoms. The predicted octanol–water partition coefficient (Wildman–Crippen LogP) is 5.74. The molecule has 0 aromatic rings. The van der Waals surface area contributed by atoms with Gasteiger partial charge in [-0.05, 0) is 30.6 Å². The molecule has 20 heavy (non-hydrogen) atoms. The molecule has 0 N–H and O–H groups in total. The highest BCUT2D eigenvalue weighted by atomic mass is 16.5. The third-order valence-electron chi connectivity index (χ3n) is 3.50. The number of ether oxygens (including phenoxy) is 1. The molecule has 0 spiro atoms. The topological polar surface area (TPSA) is 26.3 Å². The first-order valence-corrected chi connectivity index (χ1v) is 8.47. The normalized spacial score (nSPS) is 11.9. The van der Waals surface area contributed by atoms with Crippen molar-refractivity contribution in [1.82, 2.24) is 0 Å². The standard InChI is InChI=1S/C18H36O2/c1-16(2)12-8-6-9-13-17(19)20-15-11-7-10-14-18(3,4)5/h16H,6-15H2,1-5H3. The Labute approximate surface area is 126 Å². The molecule has 120 valence electrons. The first-order valence-electron chi connectivity index (χ1n) is 8.47. The number of unbranched alkanes of at least 4 members (excludes halogenated alkanes) is 4. The van der Waals surface area contributed by atoms with Gasteiger partial charge < -0.3 is 4.74 Å². The van der Waals surface area contributed by atoms with E-state index >= 15 is 0 Å². The minimum Gasteiger partial charge on any atom is -0.466 e. The van der Waals surface area contributed by atoms with Gasteiger partial charge in [0, 0.05) is 6.42 Å². The second kappa shape index (κ2) is 11.2. The summed E-state index contributed by atoms with van der Waals surface area (Å²) in [4.78, 5) is 11.5. The summed E-state index contributed by atoms with van der Waals surface area (Å²) in [7, 11) is 0. The molecule has 0 heterocycles. The minimum atomic E-state index is -0.00892. The molecule has 2 heteroatoms. The Bertz CT molecular complexity index is 238. The fourth-order valence-corrected chi connectivity index (χ4v) is 2.19. The van der Waals surface area contributed by atoms with Gasteiger partial charge >= 0.3 is 5.97 Å². The second-order valence-corrected chi connectivity index (χ2v) is 7.58. The smallest absolute Gasteiger partial charge is 0.305 e. The summed E-state index contributed by atoms with van der Waals surface area (Å²) in [5.74, 6) is 0.764. The van der Waals surface area contributed by atoms with Gasteiger partial charge in [-0.1, -0.05) is 66.7 Å². The molecule has 0 aromatic heterocycles. The van der Waals surface area contributed by atoms with Crippen LogP contribution in [0.3, 0.4) is 0 Å². The Morgan fingerprint density at radius 1 is 0.950 bits per heavy atom. The van der Waals surface area contributed by atoms with Crippen molar-refractivity contribution in [2.75, 3.05) is 6.61 Å². The number of rotatable bonds is 11. The lowest BCUT2D eigenvalue weighted by atomic mass is 9.89. The Morgan fingerprint density at radius 3 is 2.20 bits per heavy atom. The van der Waals surface area contributed by atoms with Crippen molar-refractivity contribution in [1.29, 1.82) is 0 Å². The van der Waals surface area contributed by atoms with Crippen LogP contribution in [0.5, 0.6) is 0 Å². The monoisotopic (exact) mass is 284 g/mol. The third-order valence-corrected chi connectivity index (χ3v) is 3.50. The molecule has 0 saturated heterocycles. The lowest BCUT2D eigenvalue weighted by molar-refractivity contribution is -0.143. The van der Waals surface area contributed by atoms with Gasteiger partial charge in [0.1, 0.15) is 0 Å². The van der Waals surface area contributed by atoms with Gasteiger partial charge in [0.2, 0.25) is 0 Å². The molecule has 2 nitrogen and oxygen atoms in total. The van der Waals surface area contributed by atoms with E-state index in [9.17, 15) is 4.79 Å². The van der Waals surface area contributed by atoms with Crippen LogP contribution < -0.4 is 0 Å². The van der Waals surface area contributed by atoms with Crippen LogP contribution in [0.25, 0.3) is 0 Å². The van der Waals surface area contributed by atoms with Crippen LogP contribution in [0.15, 0.2) is 0 Å². The van der Waals surface area contributed by atoms with E-state index in [-0.39, 0.29) is 5.97 Å². The molecule has 0 unspecified atom stereocenters. The SMILES string of the molecule is CC(C)CCCCCC(=O)OCCCCCC(C)(C)C. The average molecular weight is 284 g/mol. The summed E-state index contributed by atoms with van der Waals surface area (Å²) in [6.07, 6.45) is 9.89. The maximum atomic E-state index is 11.5. The fourth-order valence-electron chi connectivity index (χ4n) is 2.19. The van der Waals surface area contributed by atoms with Crippen molar-refractivity contribution in [3.05, 3.63) is 0 Å². The Hall–Kier alpha value is -0.530. The Kier molecular flexibility index (Phi) is 10.9. The van der Waals surface area contributed by atoms with Gasteiger partial charge in [0.05, 0.1) is 6.61 Å². The Morgan fingerprint density at radius 2 is 1.60 bits per heavy atom. The van der Waals surface area contributed by atoms with E-state index in [1.165, 1.54) is 32.1 Å². The summed E-state index contributed by atoms with van der Waals surface area (Å²) in [5.41, 5.74) is 0.423. The first kappa shape index (κ1) is 19.5. The van der Waals surface area contributed by atoms with Crippen molar-refractivity contribution >= 4 is 5.97 Å². The zero-order chi connectivity index (χ0) is 15.4. The molecular weight excluding hydrogens is 248 g/mol. The van der Waals surface area contributed by atoms with E-state index in [4.69, 9.17) is 4.74 Å². The van der Waals surface area contributed by atoms with Crippen LogP contribution in [-0.2, 0) is 9.53 Å². The van der Waals surface area contributed by atoms with E-state index in [1.807, 2.05) is 0 Å². The lowest BCUT2D eigenvalue weighted by Gasteiger charge is -2.17. The third kappa shape index (κ3) is 15.5. The van der Waals surface area contributed by atoms with Crippen LogP contribution in [0.4, 0.5) is 0 Å². The first-order chi connectivity index (χ1) is 9.31. The highest BCUT2D eigenvalue weighted by Gasteiger charge is 2.09. The zero-order valence-electron chi connectivity index (χ0n) is 14.5. The molecule has 0 rings (SSSR count). The molecule has 0 fully saturated rings. The van der Waals surface area contributed by atoms with Crippen LogP contribution in [0, 0.1) is 11.3 Å². The van der Waals surface area contributed by atoms with Gasteiger partial charge in [-0.2, -0.15) is 0 Å². The molecular formula is C18H36O2. The van der Waals surface area contributed by atoms with Crippen molar-refractivity contribution in [3.63, 3.8) is 0 Å². The molecule has 0 radical (unpaired) electrons. The minimum absolute atomic E-state index is 0.00892. The van der Waals surface area contributed by atoms with E-state index in [2.05, 4.69) is 34.6 Å². The summed E-state index contributed by atoms with van der Waals surface area (Å²) in [6.45, 7) is 11.9. The summed E-state index contributed by atoms with van der Waals surface area (Å²) >= 11 is 0. The molecule has 0 saturated carbocycles. The van der Waals surface area contributed by atoms with Crippen molar-refractivity contribution in [2.24, 2.45) is 11.3 Å². The van der Waals surface area contributed by atoms with E-state index < -0.39 is 0 Å². The fraction of sp³-hybridized carbons (Fsp3) is 0.944.